The van der Waals surface area contributed by atoms with E-state index in [0.717, 1.165) is 0 Å². The van der Waals surface area contributed by atoms with Crippen molar-refractivity contribution >= 4 is 17.4 Å². The maximum atomic E-state index is 10.8. The third-order valence-corrected chi connectivity index (χ3v) is 3.68. The van der Waals surface area contributed by atoms with Gasteiger partial charge in [0.1, 0.15) is 5.75 Å². The van der Waals surface area contributed by atoms with Crippen molar-refractivity contribution in [2.75, 3.05) is 13.7 Å². The molecule has 9 nitrogen and oxygen atoms in total. The van der Waals surface area contributed by atoms with Crippen LogP contribution in [-0.4, -0.2) is 38.8 Å². The molecule has 2 rings (SSSR count). The van der Waals surface area contributed by atoms with Crippen LogP contribution in [-0.2, 0) is 12.3 Å². The van der Waals surface area contributed by atoms with E-state index < -0.39 is 4.92 Å². The Kier molecular flexibility index (Phi) is 5.06. The summed E-state index contributed by atoms with van der Waals surface area (Å²) >= 11 is 1.37. The number of hydrogen-bond acceptors (Lipinski definition) is 8. The molecular weight excluding hydrogens is 296 g/mol. The Labute approximate surface area is 124 Å². The molecule has 1 heterocycles. The normalized spacial score (nSPS) is 10.6. The molecule has 10 heteroatoms. The van der Waals surface area contributed by atoms with Crippen LogP contribution < -0.4 is 10.5 Å². The van der Waals surface area contributed by atoms with E-state index in [4.69, 9.17) is 10.5 Å². The van der Waals surface area contributed by atoms with Gasteiger partial charge in [-0.05, 0) is 16.5 Å². The summed E-state index contributed by atoms with van der Waals surface area (Å²) in [6, 6.07) is 4.48. The Hall–Kier alpha value is -2.20. The molecule has 0 atom stereocenters. The Bertz CT molecular complexity index is 632. The average molecular weight is 310 g/mol. The smallest absolute Gasteiger partial charge is 0.270 e. The number of tetrazole rings is 1. The van der Waals surface area contributed by atoms with Crippen molar-refractivity contribution in [1.82, 2.24) is 20.2 Å². The maximum absolute atomic E-state index is 10.8. The minimum absolute atomic E-state index is 0.0213. The van der Waals surface area contributed by atoms with Crippen LogP contribution in [0, 0.1) is 10.1 Å². The van der Waals surface area contributed by atoms with Crippen molar-refractivity contribution in [2.45, 2.75) is 17.5 Å². The second-order valence-electron chi connectivity index (χ2n) is 4.02. The average Bonchev–Trinajstić information content (AvgIpc) is 2.92. The monoisotopic (exact) mass is 310 g/mol. The van der Waals surface area contributed by atoms with Crippen LogP contribution in [0.25, 0.3) is 0 Å². The Balaban J connectivity index is 2.16. The lowest BCUT2D eigenvalue weighted by molar-refractivity contribution is -0.384. The molecule has 0 fully saturated rings. The van der Waals surface area contributed by atoms with Crippen LogP contribution >= 0.6 is 11.8 Å². The fraction of sp³-hybridized carbons (Fsp3) is 0.364. The van der Waals surface area contributed by atoms with E-state index in [1.807, 2.05) is 0 Å². The number of thioether (sulfide) groups is 1. The number of non-ortho nitro benzene ring substituents is 1. The first-order valence-corrected chi connectivity index (χ1v) is 7.04. The molecule has 0 saturated carbocycles. The Morgan fingerprint density at radius 1 is 1.52 bits per heavy atom. The van der Waals surface area contributed by atoms with Gasteiger partial charge in [0.25, 0.3) is 5.69 Å². The Morgan fingerprint density at radius 2 is 2.33 bits per heavy atom. The first-order chi connectivity index (χ1) is 10.2. The topological polar surface area (TPSA) is 122 Å². The molecule has 0 spiro atoms. The van der Waals surface area contributed by atoms with Gasteiger partial charge in [-0.3, -0.25) is 10.1 Å². The molecule has 112 valence electrons. The second-order valence-corrected chi connectivity index (χ2v) is 4.96. The summed E-state index contributed by atoms with van der Waals surface area (Å²) in [4.78, 5) is 10.4. The van der Waals surface area contributed by atoms with E-state index in [0.29, 0.717) is 35.3 Å². The van der Waals surface area contributed by atoms with Gasteiger partial charge in [-0.15, -0.1) is 5.10 Å². The lowest BCUT2D eigenvalue weighted by Crippen LogP contribution is -2.12. The molecule has 1 aromatic carbocycles. The standard InChI is InChI=1S/C11H14N6O3S/c1-20-10-3-2-9(17(18)19)6-8(10)7-21-11-13-14-15-16(11)5-4-12/h2-3,6H,4-5,7,12H2,1H3. The molecule has 0 aliphatic carbocycles. The fourth-order valence-electron chi connectivity index (χ4n) is 1.70. The molecular formula is C11H14N6O3S. The van der Waals surface area contributed by atoms with E-state index in [1.165, 1.54) is 31.0 Å². The van der Waals surface area contributed by atoms with E-state index in [9.17, 15) is 10.1 Å². The number of rotatable bonds is 7. The van der Waals surface area contributed by atoms with Gasteiger partial charge in [-0.1, -0.05) is 11.8 Å². The Morgan fingerprint density at radius 3 is 3.00 bits per heavy atom. The van der Waals surface area contributed by atoms with Crippen molar-refractivity contribution in [1.29, 1.82) is 0 Å². The number of nitro benzene ring substituents is 1. The number of ether oxygens (including phenoxy) is 1. The molecule has 0 bridgehead atoms. The third-order valence-electron chi connectivity index (χ3n) is 2.67. The van der Waals surface area contributed by atoms with Gasteiger partial charge >= 0.3 is 0 Å². The van der Waals surface area contributed by atoms with Crippen LogP contribution in [0.3, 0.4) is 0 Å². The molecule has 1 aromatic heterocycles. The van der Waals surface area contributed by atoms with Gasteiger partial charge < -0.3 is 10.5 Å². The largest absolute Gasteiger partial charge is 0.496 e. The molecule has 2 aromatic rings. The molecule has 2 N–H and O–H groups in total. The first-order valence-electron chi connectivity index (χ1n) is 6.06. The summed E-state index contributed by atoms with van der Waals surface area (Å²) < 4.78 is 6.81. The third kappa shape index (κ3) is 3.67. The van der Waals surface area contributed by atoms with E-state index >= 15 is 0 Å². The molecule has 0 saturated heterocycles. The summed E-state index contributed by atoms with van der Waals surface area (Å²) in [5, 5.41) is 22.7. The number of aromatic nitrogens is 4. The van der Waals surface area contributed by atoms with Gasteiger partial charge in [0.15, 0.2) is 0 Å². The highest BCUT2D eigenvalue weighted by molar-refractivity contribution is 7.98. The molecule has 21 heavy (non-hydrogen) atoms. The van der Waals surface area contributed by atoms with Crippen molar-refractivity contribution in [3.05, 3.63) is 33.9 Å². The lowest BCUT2D eigenvalue weighted by atomic mass is 10.2. The molecule has 0 unspecified atom stereocenters. The highest BCUT2D eigenvalue weighted by Gasteiger charge is 2.13. The highest BCUT2D eigenvalue weighted by Crippen LogP contribution is 2.29. The van der Waals surface area contributed by atoms with Crippen molar-refractivity contribution in [3.8, 4) is 5.75 Å². The van der Waals surface area contributed by atoms with Crippen LogP contribution in [0.4, 0.5) is 5.69 Å². The predicted molar refractivity (Wildman–Crippen MR) is 76.1 cm³/mol. The minimum Gasteiger partial charge on any atom is -0.496 e. The maximum Gasteiger partial charge on any atom is 0.270 e. The highest BCUT2D eigenvalue weighted by atomic mass is 32.2. The van der Waals surface area contributed by atoms with Crippen LogP contribution in [0.5, 0.6) is 5.75 Å². The van der Waals surface area contributed by atoms with Crippen molar-refractivity contribution < 1.29 is 9.66 Å². The first kappa shape index (κ1) is 15.2. The summed E-state index contributed by atoms with van der Waals surface area (Å²) in [5.74, 6) is 1.04. The van der Waals surface area contributed by atoms with Crippen molar-refractivity contribution in [3.63, 3.8) is 0 Å². The molecule has 0 radical (unpaired) electrons. The minimum atomic E-state index is -0.438. The van der Waals surface area contributed by atoms with Crippen LogP contribution in [0.2, 0.25) is 0 Å². The summed E-state index contributed by atoms with van der Waals surface area (Å²) in [6.07, 6.45) is 0. The zero-order chi connectivity index (χ0) is 15.2. The van der Waals surface area contributed by atoms with Gasteiger partial charge in [0.2, 0.25) is 5.16 Å². The number of hydrogen-bond donors (Lipinski definition) is 1. The number of benzene rings is 1. The van der Waals surface area contributed by atoms with E-state index in [1.54, 1.807) is 10.7 Å². The summed E-state index contributed by atoms with van der Waals surface area (Å²) in [6.45, 7) is 0.945. The number of methoxy groups -OCH3 is 1. The molecule has 0 aliphatic heterocycles. The van der Waals surface area contributed by atoms with Crippen molar-refractivity contribution in [2.24, 2.45) is 5.73 Å². The SMILES string of the molecule is COc1ccc([N+](=O)[O-])cc1CSc1nnnn1CCN. The number of nitro groups is 1. The zero-order valence-corrected chi connectivity index (χ0v) is 12.1. The van der Waals surface area contributed by atoms with E-state index in [-0.39, 0.29) is 5.69 Å². The molecule has 0 amide bonds. The van der Waals surface area contributed by atoms with E-state index in [2.05, 4.69) is 15.5 Å². The zero-order valence-electron chi connectivity index (χ0n) is 11.3. The quantitative estimate of drug-likeness (QED) is 0.453. The second kappa shape index (κ2) is 6.99. The molecule has 0 aliphatic rings. The van der Waals surface area contributed by atoms with Gasteiger partial charge in [-0.25, -0.2) is 4.68 Å². The van der Waals surface area contributed by atoms with Gasteiger partial charge in [-0.2, -0.15) is 0 Å². The van der Waals surface area contributed by atoms with Gasteiger partial charge in [0, 0.05) is 30.0 Å². The predicted octanol–water partition coefficient (Wildman–Crippen LogP) is 0.841. The van der Waals surface area contributed by atoms with Crippen LogP contribution in [0.1, 0.15) is 5.56 Å². The summed E-state index contributed by atoms with van der Waals surface area (Å²) in [7, 11) is 1.52. The fourth-order valence-corrected chi connectivity index (χ4v) is 2.58. The number of nitrogens with two attached hydrogens (primary N) is 1. The van der Waals surface area contributed by atoms with Crippen LogP contribution in [0.15, 0.2) is 23.4 Å². The summed E-state index contributed by atoms with van der Waals surface area (Å²) in [5.41, 5.74) is 6.20. The van der Waals surface area contributed by atoms with Gasteiger partial charge in [0.05, 0.1) is 18.6 Å². The number of nitrogens with zero attached hydrogens (tertiary/aromatic N) is 5. The lowest BCUT2D eigenvalue weighted by Gasteiger charge is -2.08.